The van der Waals surface area contributed by atoms with Crippen LogP contribution in [0.25, 0.3) is 0 Å². The number of anilines is 3. The van der Waals surface area contributed by atoms with E-state index in [0.717, 1.165) is 0 Å². The van der Waals surface area contributed by atoms with E-state index < -0.39 is 0 Å². The van der Waals surface area contributed by atoms with E-state index in [2.05, 4.69) is 21.5 Å². The molecule has 0 aromatic heterocycles. The molecule has 0 saturated heterocycles. The Labute approximate surface area is 151 Å². The summed E-state index contributed by atoms with van der Waals surface area (Å²) in [5.41, 5.74) is 8.07. The first kappa shape index (κ1) is 17.0. The van der Waals surface area contributed by atoms with Crippen LogP contribution in [0.1, 0.15) is 10.4 Å². The molecular formula is C20H18N4O2. The Morgan fingerprint density at radius 2 is 1.08 bits per heavy atom. The predicted octanol–water partition coefficient (Wildman–Crippen LogP) is 4.09. The van der Waals surface area contributed by atoms with Gasteiger partial charge in [-0.25, -0.2) is 4.79 Å². The number of carbonyl (C=O) groups excluding carboxylic acids is 2. The Morgan fingerprint density at radius 1 is 0.577 bits per heavy atom. The number of hydrogen-bond donors (Lipinski definition) is 4. The maximum atomic E-state index is 12.0. The van der Waals surface area contributed by atoms with Gasteiger partial charge in [-0.3, -0.25) is 15.6 Å². The molecule has 6 heteroatoms. The fourth-order valence-electron chi connectivity index (χ4n) is 2.24. The van der Waals surface area contributed by atoms with Gasteiger partial charge in [0.15, 0.2) is 0 Å². The topological polar surface area (TPSA) is 82.3 Å². The molecule has 3 rings (SSSR count). The highest BCUT2D eigenvalue weighted by atomic mass is 16.2. The molecule has 0 heterocycles. The monoisotopic (exact) mass is 346 g/mol. The lowest BCUT2D eigenvalue weighted by atomic mass is 10.2. The minimum absolute atomic E-state index is 0.227. The summed E-state index contributed by atoms with van der Waals surface area (Å²) in [6.45, 7) is 0. The number of hydrazine groups is 1. The Kier molecular flexibility index (Phi) is 5.47. The Morgan fingerprint density at radius 3 is 1.69 bits per heavy atom. The highest BCUT2D eigenvalue weighted by molar-refractivity contribution is 5.99. The molecule has 0 atom stereocenters. The average Bonchev–Trinajstić information content (AvgIpc) is 2.68. The highest BCUT2D eigenvalue weighted by Crippen LogP contribution is 2.14. The van der Waals surface area contributed by atoms with Gasteiger partial charge in [-0.2, -0.15) is 0 Å². The van der Waals surface area contributed by atoms with Crippen molar-refractivity contribution >= 4 is 29.0 Å². The van der Waals surface area contributed by atoms with Gasteiger partial charge in [-0.15, -0.1) is 0 Å². The second-order valence-corrected chi connectivity index (χ2v) is 5.47. The van der Waals surface area contributed by atoms with Gasteiger partial charge in [0.25, 0.3) is 5.91 Å². The molecule has 130 valence electrons. The van der Waals surface area contributed by atoms with E-state index in [1.807, 2.05) is 36.4 Å². The Balaban J connectivity index is 1.50. The van der Waals surface area contributed by atoms with Crippen LogP contribution in [0.4, 0.5) is 21.9 Å². The largest absolute Gasteiger partial charge is 0.323 e. The van der Waals surface area contributed by atoms with E-state index in [1.165, 1.54) is 0 Å². The SMILES string of the molecule is O=C(Nc1ccccc1)Nc1ccc(NNC(=O)c2ccccc2)cc1. The lowest BCUT2D eigenvalue weighted by molar-refractivity contribution is 0.0962. The van der Waals surface area contributed by atoms with Crippen LogP contribution in [0.5, 0.6) is 0 Å². The van der Waals surface area contributed by atoms with Gasteiger partial charge in [0, 0.05) is 16.9 Å². The molecule has 0 saturated carbocycles. The number of nitrogens with one attached hydrogen (secondary N) is 4. The quantitative estimate of drug-likeness (QED) is 0.525. The van der Waals surface area contributed by atoms with Crippen LogP contribution in [-0.2, 0) is 0 Å². The zero-order valence-corrected chi connectivity index (χ0v) is 13.9. The second kappa shape index (κ2) is 8.34. The number of carbonyl (C=O) groups is 2. The first-order chi connectivity index (χ1) is 12.7. The third kappa shape index (κ3) is 4.85. The number of benzene rings is 3. The summed E-state index contributed by atoms with van der Waals surface area (Å²) in [4.78, 5) is 23.9. The van der Waals surface area contributed by atoms with Crippen molar-refractivity contribution in [2.24, 2.45) is 0 Å². The molecule has 6 nitrogen and oxygen atoms in total. The summed E-state index contributed by atoms with van der Waals surface area (Å²) < 4.78 is 0. The highest BCUT2D eigenvalue weighted by Gasteiger charge is 2.04. The van der Waals surface area contributed by atoms with Gasteiger partial charge in [0.05, 0.1) is 5.69 Å². The van der Waals surface area contributed by atoms with E-state index >= 15 is 0 Å². The maximum absolute atomic E-state index is 12.0. The van der Waals surface area contributed by atoms with Crippen molar-refractivity contribution in [3.8, 4) is 0 Å². The number of amides is 3. The molecule has 0 fully saturated rings. The standard InChI is InChI=1S/C20H18N4O2/c25-19(15-7-3-1-4-8-15)24-23-18-13-11-17(12-14-18)22-20(26)21-16-9-5-2-6-10-16/h1-14,23H,(H,24,25)(H2,21,22,26). The van der Waals surface area contributed by atoms with E-state index in [9.17, 15) is 9.59 Å². The third-order valence-electron chi connectivity index (χ3n) is 3.53. The van der Waals surface area contributed by atoms with E-state index in [-0.39, 0.29) is 11.9 Å². The summed E-state index contributed by atoms with van der Waals surface area (Å²) >= 11 is 0. The van der Waals surface area contributed by atoms with Crippen LogP contribution in [0.15, 0.2) is 84.9 Å². The van der Waals surface area contributed by atoms with E-state index in [1.54, 1.807) is 48.5 Å². The van der Waals surface area contributed by atoms with Crippen molar-refractivity contribution in [3.05, 3.63) is 90.5 Å². The molecule has 3 aromatic carbocycles. The summed E-state index contributed by atoms with van der Waals surface area (Å²) in [6, 6.07) is 24.8. The van der Waals surface area contributed by atoms with Crippen LogP contribution in [0.2, 0.25) is 0 Å². The third-order valence-corrected chi connectivity index (χ3v) is 3.53. The number of para-hydroxylation sites is 1. The van der Waals surface area contributed by atoms with E-state index in [0.29, 0.717) is 22.6 Å². The zero-order chi connectivity index (χ0) is 18.2. The summed E-state index contributed by atoms with van der Waals surface area (Å²) in [5.74, 6) is -0.227. The maximum Gasteiger partial charge on any atom is 0.323 e. The molecule has 0 unspecified atom stereocenters. The van der Waals surface area contributed by atoms with Gasteiger partial charge in [0.1, 0.15) is 0 Å². The van der Waals surface area contributed by atoms with Crippen molar-refractivity contribution in [3.63, 3.8) is 0 Å². The number of urea groups is 1. The fourth-order valence-corrected chi connectivity index (χ4v) is 2.24. The Hall–Kier alpha value is -3.80. The lowest BCUT2D eigenvalue weighted by Gasteiger charge is -2.10. The number of hydrogen-bond acceptors (Lipinski definition) is 3. The van der Waals surface area contributed by atoms with Gasteiger partial charge in [0.2, 0.25) is 0 Å². The van der Waals surface area contributed by atoms with E-state index in [4.69, 9.17) is 0 Å². The van der Waals surface area contributed by atoms with Gasteiger partial charge in [-0.05, 0) is 48.5 Å². The zero-order valence-electron chi connectivity index (χ0n) is 13.9. The van der Waals surface area contributed by atoms with Gasteiger partial charge >= 0.3 is 6.03 Å². The van der Waals surface area contributed by atoms with Crippen LogP contribution in [0, 0.1) is 0 Å². The second-order valence-electron chi connectivity index (χ2n) is 5.47. The molecule has 4 N–H and O–H groups in total. The lowest BCUT2D eigenvalue weighted by Crippen LogP contribution is -2.29. The van der Waals surface area contributed by atoms with Crippen molar-refractivity contribution in [1.29, 1.82) is 0 Å². The summed E-state index contributed by atoms with van der Waals surface area (Å²) in [6.07, 6.45) is 0. The molecule has 0 aliphatic carbocycles. The molecule has 26 heavy (non-hydrogen) atoms. The minimum Gasteiger partial charge on any atom is -0.308 e. The normalized spacial score (nSPS) is 9.85. The van der Waals surface area contributed by atoms with Crippen molar-refractivity contribution in [2.75, 3.05) is 16.1 Å². The first-order valence-corrected chi connectivity index (χ1v) is 8.05. The molecule has 3 aromatic rings. The van der Waals surface area contributed by atoms with Crippen LogP contribution in [0.3, 0.4) is 0 Å². The molecule has 0 radical (unpaired) electrons. The minimum atomic E-state index is -0.325. The van der Waals surface area contributed by atoms with Crippen LogP contribution in [-0.4, -0.2) is 11.9 Å². The van der Waals surface area contributed by atoms with Crippen molar-refractivity contribution in [2.45, 2.75) is 0 Å². The van der Waals surface area contributed by atoms with Crippen LogP contribution < -0.4 is 21.5 Å². The molecule has 3 amide bonds. The molecule has 0 aliphatic rings. The summed E-state index contributed by atoms with van der Waals surface area (Å²) in [5, 5.41) is 5.48. The molecular weight excluding hydrogens is 328 g/mol. The number of rotatable bonds is 5. The Bertz CT molecular complexity index is 865. The molecule has 0 spiro atoms. The van der Waals surface area contributed by atoms with Crippen molar-refractivity contribution in [1.82, 2.24) is 5.43 Å². The first-order valence-electron chi connectivity index (χ1n) is 8.05. The van der Waals surface area contributed by atoms with Crippen molar-refractivity contribution < 1.29 is 9.59 Å². The molecule has 0 bridgehead atoms. The average molecular weight is 346 g/mol. The smallest absolute Gasteiger partial charge is 0.308 e. The summed E-state index contributed by atoms with van der Waals surface area (Å²) in [7, 11) is 0. The fraction of sp³-hybridized carbons (Fsp3) is 0. The molecule has 0 aliphatic heterocycles. The van der Waals surface area contributed by atoms with Crippen LogP contribution >= 0.6 is 0 Å². The van der Waals surface area contributed by atoms with Gasteiger partial charge in [-0.1, -0.05) is 36.4 Å². The van der Waals surface area contributed by atoms with Gasteiger partial charge < -0.3 is 10.6 Å². The predicted molar refractivity (Wildman–Crippen MR) is 103 cm³/mol.